The summed E-state index contributed by atoms with van der Waals surface area (Å²) in [5, 5.41) is 10.3. The molecule has 0 fully saturated rings. The van der Waals surface area contributed by atoms with Gasteiger partial charge in [-0.25, -0.2) is 0 Å². The maximum Gasteiger partial charge on any atom is 0.0620 e. The molecule has 0 atom stereocenters. The molecule has 4 heteroatoms. The van der Waals surface area contributed by atoms with E-state index in [1.54, 1.807) is 0 Å². The predicted octanol–water partition coefficient (Wildman–Crippen LogP) is 17.6. The Morgan fingerprint density at radius 2 is 0.726 bits per heavy atom. The van der Waals surface area contributed by atoms with Gasteiger partial charge < -0.3 is 9.80 Å². The molecule has 4 heterocycles. The number of anilines is 6. The molecule has 0 saturated carbocycles. The third-order valence-corrected chi connectivity index (χ3v) is 16.5. The van der Waals surface area contributed by atoms with E-state index in [1.807, 2.05) is 22.7 Å². The molecule has 0 saturated heterocycles. The van der Waals surface area contributed by atoms with Crippen LogP contribution in [0.2, 0.25) is 0 Å². The summed E-state index contributed by atoms with van der Waals surface area (Å²) >= 11 is 3.80. The normalized spacial score (nSPS) is 15.1. The number of nitrogens with zero attached hydrogens (tertiary/aromatic N) is 2. The summed E-state index contributed by atoms with van der Waals surface area (Å²) in [6.45, 7) is 14.1. The standard InChI is InChI=1S/C58H44N2S2/c1-33-23-25-37-41(27-33)55(59-47-19-11-9-17-43(47)57(3,4)45-29-39-35-15-7-13-21-51(35)61-53(39)31-49(45)59)38-26-24-34(2)28-42(38)56(37)60-48-20-12-10-18-44(48)58(5,6)46-30-40-36-16-8-14-22-52(36)62-54(40)32-50(46)60/h7-32H,1-6H3. The van der Waals surface area contributed by atoms with Crippen molar-refractivity contribution in [3.63, 3.8) is 0 Å². The summed E-state index contributed by atoms with van der Waals surface area (Å²) in [5.41, 5.74) is 14.9. The van der Waals surface area contributed by atoms with E-state index in [2.05, 4.69) is 209 Å². The van der Waals surface area contributed by atoms with Crippen LogP contribution in [0.1, 0.15) is 61.1 Å². The Balaban J connectivity index is 1.17. The fourth-order valence-electron chi connectivity index (χ4n) is 11.2. The average molecular weight is 833 g/mol. The molecule has 0 N–H and O–H groups in total. The fourth-order valence-corrected chi connectivity index (χ4v) is 13.5. The summed E-state index contributed by atoms with van der Waals surface area (Å²) in [4.78, 5) is 5.26. The van der Waals surface area contributed by atoms with Crippen molar-refractivity contribution >= 4 is 119 Å². The van der Waals surface area contributed by atoms with Crippen LogP contribution < -0.4 is 9.80 Å². The molecular formula is C58H44N2S2. The van der Waals surface area contributed by atoms with Gasteiger partial charge in [0.1, 0.15) is 0 Å². The van der Waals surface area contributed by atoms with E-state index in [-0.39, 0.29) is 10.8 Å². The van der Waals surface area contributed by atoms with E-state index in [1.165, 1.54) is 129 Å². The van der Waals surface area contributed by atoms with Crippen LogP contribution in [0.4, 0.5) is 34.1 Å². The molecule has 13 rings (SSSR count). The highest BCUT2D eigenvalue weighted by Crippen LogP contribution is 2.60. The summed E-state index contributed by atoms with van der Waals surface area (Å²) in [5.74, 6) is 0. The molecule has 2 nitrogen and oxygen atoms in total. The number of thiophene rings is 2. The lowest BCUT2D eigenvalue weighted by molar-refractivity contribution is 0.633. The van der Waals surface area contributed by atoms with Crippen molar-refractivity contribution in [2.45, 2.75) is 52.4 Å². The predicted molar refractivity (Wildman–Crippen MR) is 270 cm³/mol. The monoisotopic (exact) mass is 832 g/mol. The molecule has 2 aromatic heterocycles. The molecule has 0 unspecified atom stereocenters. The molecule has 0 spiro atoms. The van der Waals surface area contributed by atoms with Crippen LogP contribution in [0.15, 0.2) is 158 Å². The Kier molecular flexibility index (Phi) is 7.34. The van der Waals surface area contributed by atoms with Crippen molar-refractivity contribution in [3.8, 4) is 0 Å². The van der Waals surface area contributed by atoms with Crippen LogP contribution in [-0.4, -0.2) is 0 Å². The Hall–Kier alpha value is -6.46. The van der Waals surface area contributed by atoms with E-state index < -0.39 is 0 Å². The minimum atomic E-state index is -0.219. The van der Waals surface area contributed by atoms with Gasteiger partial charge in [-0.15, -0.1) is 22.7 Å². The maximum atomic E-state index is 2.63. The van der Waals surface area contributed by atoms with Crippen molar-refractivity contribution in [2.24, 2.45) is 0 Å². The van der Waals surface area contributed by atoms with Crippen molar-refractivity contribution in [1.29, 1.82) is 0 Å². The number of fused-ring (bicyclic) bond motifs is 12. The number of para-hydroxylation sites is 2. The summed E-state index contributed by atoms with van der Waals surface area (Å²) < 4.78 is 5.30. The van der Waals surface area contributed by atoms with Crippen LogP contribution in [0.3, 0.4) is 0 Å². The first-order valence-corrected chi connectivity index (χ1v) is 23.4. The zero-order chi connectivity index (χ0) is 41.8. The average Bonchev–Trinajstić information content (AvgIpc) is 3.83. The minimum Gasteiger partial charge on any atom is -0.309 e. The Morgan fingerprint density at radius 1 is 0.323 bits per heavy atom. The van der Waals surface area contributed by atoms with Gasteiger partial charge in [0, 0.05) is 72.7 Å². The fraction of sp³-hybridized carbons (Fsp3) is 0.138. The first-order chi connectivity index (χ1) is 30.1. The Labute approximate surface area is 369 Å². The smallest absolute Gasteiger partial charge is 0.0620 e. The molecule has 0 aliphatic carbocycles. The van der Waals surface area contributed by atoms with E-state index in [4.69, 9.17) is 0 Å². The van der Waals surface area contributed by atoms with Crippen molar-refractivity contribution < 1.29 is 0 Å². The van der Waals surface area contributed by atoms with Gasteiger partial charge >= 0.3 is 0 Å². The van der Waals surface area contributed by atoms with Gasteiger partial charge in [-0.1, -0.05) is 136 Å². The van der Waals surface area contributed by atoms with Gasteiger partial charge in [0.25, 0.3) is 0 Å². The maximum absolute atomic E-state index is 2.63. The summed E-state index contributed by atoms with van der Waals surface area (Å²) in [6.07, 6.45) is 0. The van der Waals surface area contributed by atoms with Crippen LogP contribution in [0.25, 0.3) is 61.9 Å². The number of hydrogen-bond donors (Lipinski definition) is 0. The molecule has 0 amide bonds. The third-order valence-electron chi connectivity index (χ3n) is 14.3. The zero-order valence-electron chi connectivity index (χ0n) is 35.7. The van der Waals surface area contributed by atoms with Crippen molar-refractivity contribution in [1.82, 2.24) is 0 Å². The lowest BCUT2D eigenvalue weighted by Crippen LogP contribution is -2.31. The largest absolute Gasteiger partial charge is 0.309 e. The lowest BCUT2D eigenvalue weighted by Gasteiger charge is -2.44. The first-order valence-electron chi connectivity index (χ1n) is 21.8. The van der Waals surface area contributed by atoms with Crippen LogP contribution in [0, 0.1) is 13.8 Å². The third kappa shape index (κ3) is 4.80. The van der Waals surface area contributed by atoms with E-state index in [9.17, 15) is 0 Å². The van der Waals surface area contributed by atoms with Gasteiger partial charge in [0.05, 0.1) is 34.1 Å². The van der Waals surface area contributed by atoms with Gasteiger partial charge in [-0.3, -0.25) is 0 Å². The molecule has 2 aliphatic heterocycles. The molecule has 62 heavy (non-hydrogen) atoms. The first kappa shape index (κ1) is 36.2. The molecular weight excluding hydrogens is 789 g/mol. The topological polar surface area (TPSA) is 6.48 Å². The molecule has 2 aliphatic rings. The van der Waals surface area contributed by atoms with E-state index >= 15 is 0 Å². The van der Waals surface area contributed by atoms with Gasteiger partial charge in [0.2, 0.25) is 0 Å². The van der Waals surface area contributed by atoms with Gasteiger partial charge in [-0.05, 0) is 96.8 Å². The molecule has 11 aromatic rings. The summed E-state index contributed by atoms with van der Waals surface area (Å²) in [7, 11) is 0. The van der Waals surface area contributed by atoms with Crippen molar-refractivity contribution in [3.05, 3.63) is 191 Å². The molecule has 0 radical (unpaired) electrons. The quantitative estimate of drug-likeness (QED) is 0.160. The van der Waals surface area contributed by atoms with Crippen LogP contribution in [-0.2, 0) is 10.8 Å². The van der Waals surface area contributed by atoms with Crippen LogP contribution >= 0.6 is 22.7 Å². The Bertz CT molecular complexity index is 3500. The number of aryl methyl sites for hydroxylation is 2. The van der Waals surface area contributed by atoms with Gasteiger partial charge in [-0.2, -0.15) is 0 Å². The highest BCUT2D eigenvalue weighted by atomic mass is 32.1. The van der Waals surface area contributed by atoms with E-state index in [0.29, 0.717) is 0 Å². The van der Waals surface area contributed by atoms with Gasteiger partial charge in [0.15, 0.2) is 0 Å². The second-order valence-electron chi connectivity index (χ2n) is 18.7. The Morgan fingerprint density at radius 3 is 1.18 bits per heavy atom. The van der Waals surface area contributed by atoms with E-state index in [0.717, 1.165) is 0 Å². The number of hydrogen-bond acceptors (Lipinski definition) is 4. The lowest BCUT2D eigenvalue weighted by atomic mass is 9.72. The van der Waals surface area contributed by atoms with Crippen LogP contribution in [0.5, 0.6) is 0 Å². The number of rotatable bonds is 2. The number of benzene rings is 9. The molecule has 298 valence electrons. The second-order valence-corrected chi connectivity index (χ2v) is 20.8. The molecule has 9 aromatic carbocycles. The SMILES string of the molecule is Cc1ccc2c(N3c4ccccc4C(C)(C)c4cc5c(cc43)sc3ccccc35)c3cc(C)ccc3c(N3c4ccccc4C(C)(C)c4cc5c(cc43)sc3ccccc35)c2c1. The second kappa shape index (κ2) is 12.6. The zero-order valence-corrected chi connectivity index (χ0v) is 37.4. The summed E-state index contributed by atoms with van der Waals surface area (Å²) in [6, 6.07) is 60.4. The minimum absolute atomic E-state index is 0.219. The highest BCUT2D eigenvalue weighted by molar-refractivity contribution is 7.26. The van der Waals surface area contributed by atoms with Crippen molar-refractivity contribution in [2.75, 3.05) is 9.80 Å². The molecule has 0 bridgehead atoms. The highest BCUT2D eigenvalue weighted by Gasteiger charge is 2.41.